The van der Waals surface area contributed by atoms with Gasteiger partial charge in [0.1, 0.15) is 5.69 Å². The molecule has 0 unspecified atom stereocenters. The van der Waals surface area contributed by atoms with Gasteiger partial charge in [-0.2, -0.15) is 13.2 Å². The van der Waals surface area contributed by atoms with Crippen LogP contribution in [0.2, 0.25) is 0 Å². The van der Waals surface area contributed by atoms with E-state index >= 15 is 0 Å². The van der Waals surface area contributed by atoms with Crippen LogP contribution in [0.4, 0.5) is 28.9 Å². The van der Waals surface area contributed by atoms with Crippen LogP contribution in [0.1, 0.15) is 21.5 Å². The highest BCUT2D eigenvalue weighted by Gasteiger charge is 2.37. The van der Waals surface area contributed by atoms with Crippen molar-refractivity contribution < 1.29 is 22.4 Å². The molecule has 5 rings (SSSR count). The SMILES string of the molecule is Cc1ccc(NC(=O)c2cc(N3CCN(C)CC3)c(F)c(C(F)(F)F)c2)cc1-n1cc(-c2cncs2)nn1. The van der Waals surface area contributed by atoms with Crippen molar-refractivity contribution in [2.24, 2.45) is 0 Å². The Morgan fingerprint density at radius 2 is 1.84 bits per heavy atom. The molecule has 0 spiro atoms. The van der Waals surface area contributed by atoms with Gasteiger partial charge >= 0.3 is 6.18 Å². The first kappa shape index (κ1) is 25.8. The van der Waals surface area contributed by atoms with Crippen molar-refractivity contribution in [3.63, 3.8) is 0 Å². The number of aryl methyl sites for hydroxylation is 1. The van der Waals surface area contributed by atoms with Gasteiger partial charge in [0.25, 0.3) is 5.91 Å². The summed E-state index contributed by atoms with van der Waals surface area (Å²) in [4.78, 5) is 21.5. The molecule has 2 aromatic heterocycles. The number of hydrogen-bond acceptors (Lipinski definition) is 7. The molecule has 0 atom stereocenters. The van der Waals surface area contributed by atoms with Gasteiger partial charge < -0.3 is 15.1 Å². The van der Waals surface area contributed by atoms with Crippen molar-refractivity contribution in [1.82, 2.24) is 24.9 Å². The third-order valence-corrected chi connectivity index (χ3v) is 7.15. The van der Waals surface area contributed by atoms with Gasteiger partial charge in [0.05, 0.1) is 33.5 Å². The minimum Gasteiger partial charge on any atom is -0.367 e. The zero-order valence-corrected chi connectivity index (χ0v) is 21.3. The number of aromatic nitrogens is 4. The maximum absolute atomic E-state index is 15.0. The molecule has 0 saturated carbocycles. The lowest BCUT2D eigenvalue weighted by molar-refractivity contribution is -0.139. The Morgan fingerprint density at radius 3 is 2.53 bits per heavy atom. The third kappa shape index (κ3) is 5.24. The summed E-state index contributed by atoms with van der Waals surface area (Å²) in [6.07, 6.45) is -1.56. The Hall–Kier alpha value is -3.84. The number of rotatable bonds is 5. The predicted octanol–water partition coefficient (Wildman–Crippen LogP) is 4.86. The molecule has 0 aliphatic carbocycles. The quantitative estimate of drug-likeness (QED) is 0.361. The minimum atomic E-state index is -4.96. The van der Waals surface area contributed by atoms with E-state index in [4.69, 9.17) is 0 Å². The first-order chi connectivity index (χ1) is 18.1. The van der Waals surface area contributed by atoms with Crippen molar-refractivity contribution in [2.75, 3.05) is 43.4 Å². The summed E-state index contributed by atoms with van der Waals surface area (Å²) in [6.45, 7) is 3.68. The number of anilines is 2. The number of alkyl halides is 3. The van der Waals surface area contributed by atoms with Crippen molar-refractivity contribution in [1.29, 1.82) is 0 Å². The van der Waals surface area contributed by atoms with Gasteiger partial charge in [-0.15, -0.1) is 16.4 Å². The van der Waals surface area contributed by atoms with Gasteiger partial charge in [0, 0.05) is 43.6 Å². The molecule has 1 N–H and O–H groups in total. The predicted molar refractivity (Wildman–Crippen MR) is 136 cm³/mol. The Balaban J connectivity index is 1.44. The smallest absolute Gasteiger partial charge is 0.367 e. The zero-order chi connectivity index (χ0) is 27.0. The van der Waals surface area contributed by atoms with Crippen LogP contribution in [0.5, 0.6) is 0 Å². The number of benzene rings is 2. The molecule has 8 nitrogen and oxygen atoms in total. The summed E-state index contributed by atoms with van der Waals surface area (Å²) in [5, 5.41) is 11.0. The average molecular weight is 546 g/mol. The van der Waals surface area contributed by atoms with Crippen LogP contribution in [0.25, 0.3) is 16.3 Å². The summed E-state index contributed by atoms with van der Waals surface area (Å²) < 4.78 is 57.6. The standard InChI is InChI=1S/C25H23F4N7OS/c1-15-3-4-17(11-20(15)36-13-19(32-33-36)22-12-30-14-38-22)31-24(37)16-9-18(25(27,28)29)23(26)21(10-16)35-7-5-34(2)6-8-35/h3-4,9-14H,5-8H2,1-2H3,(H,31,37). The zero-order valence-electron chi connectivity index (χ0n) is 20.5. The van der Waals surface area contributed by atoms with Gasteiger partial charge in [-0.3, -0.25) is 9.78 Å². The highest BCUT2D eigenvalue weighted by Crippen LogP contribution is 2.37. The molecule has 1 fully saturated rings. The van der Waals surface area contributed by atoms with Gasteiger partial charge in [-0.05, 0) is 43.8 Å². The van der Waals surface area contributed by atoms with E-state index in [0.29, 0.717) is 49.3 Å². The Kier molecular flexibility index (Phi) is 6.88. The van der Waals surface area contributed by atoms with E-state index < -0.39 is 23.5 Å². The van der Waals surface area contributed by atoms with Gasteiger partial charge in [-0.25, -0.2) is 9.07 Å². The number of piperazine rings is 1. The molecule has 0 bridgehead atoms. The summed E-state index contributed by atoms with van der Waals surface area (Å²) in [6, 6.07) is 6.76. The molecule has 4 aromatic rings. The van der Waals surface area contributed by atoms with Crippen LogP contribution in [0.3, 0.4) is 0 Å². The lowest BCUT2D eigenvalue weighted by atomic mass is 10.1. The van der Waals surface area contributed by atoms with Crippen molar-refractivity contribution in [3.05, 3.63) is 70.7 Å². The maximum atomic E-state index is 15.0. The van der Waals surface area contributed by atoms with Crippen molar-refractivity contribution in [2.45, 2.75) is 13.1 Å². The molecular formula is C25H23F4N7OS. The monoisotopic (exact) mass is 545 g/mol. The Morgan fingerprint density at radius 1 is 1.08 bits per heavy atom. The van der Waals surface area contributed by atoms with Crippen LogP contribution in [0, 0.1) is 12.7 Å². The number of thiazole rings is 1. The second-order valence-electron chi connectivity index (χ2n) is 9.01. The van der Waals surface area contributed by atoms with Gasteiger partial charge in [0.15, 0.2) is 5.82 Å². The number of carbonyl (C=O) groups excluding carboxylic acids is 1. The summed E-state index contributed by atoms with van der Waals surface area (Å²) in [5.41, 5.74) is 2.12. The van der Waals surface area contributed by atoms with E-state index in [9.17, 15) is 22.4 Å². The lowest BCUT2D eigenvalue weighted by Gasteiger charge is -2.34. The number of halogens is 4. The number of likely N-dealkylation sites (N-methyl/N-ethyl adjacent to an activating group) is 1. The van der Waals surface area contributed by atoms with E-state index in [1.54, 1.807) is 40.8 Å². The van der Waals surface area contributed by atoms with Crippen LogP contribution in [0.15, 0.2) is 48.2 Å². The van der Waals surface area contributed by atoms with Crippen molar-refractivity contribution >= 4 is 28.6 Å². The third-order valence-electron chi connectivity index (χ3n) is 6.36. The van der Waals surface area contributed by atoms with Gasteiger partial charge in [-0.1, -0.05) is 11.3 Å². The number of nitrogens with zero attached hydrogens (tertiary/aromatic N) is 6. The summed E-state index contributed by atoms with van der Waals surface area (Å²) in [7, 11) is 1.88. The molecule has 198 valence electrons. The molecule has 13 heteroatoms. The largest absolute Gasteiger partial charge is 0.419 e. The highest BCUT2D eigenvalue weighted by molar-refractivity contribution is 7.13. The van der Waals surface area contributed by atoms with Crippen LogP contribution < -0.4 is 10.2 Å². The van der Waals surface area contributed by atoms with Crippen LogP contribution in [-0.4, -0.2) is 64.0 Å². The second kappa shape index (κ2) is 10.1. The Labute approximate surface area is 219 Å². The number of nitrogens with one attached hydrogen (secondary N) is 1. The molecule has 0 radical (unpaired) electrons. The van der Waals surface area contributed by atoms with E-state index in [0.717, 1.165) is 10.4 Å². The first-order valence-corrected chi connectivity index (χ1v) is 12.6. The molecule has 2 aromatic carbocycles. The normalized spacial score (nSPS) is 14.6. The number of amides is 1. The second-order valence-corrected chi connectivity index (χ2v) is 9.90. The summed E-state index contributed by atoms with van der Waals surface area (Å²) in [5.74, 6) is -2.16. The van der Waals surface area contributed by atoms with E-state index in [-0.39, 0.29) is 11.3 Å². The van der Waals surface area contributed by atoms with Crippen LogP contribution >= 0.6 is 11.3 Å². The number of carbonyl (C=O) groups is 1. The lowest BCUT2D eigenvalue weighted by Crippen LogP contribution is -2.45. The molecular weight excluding hydrogens is 522 g/mol. The van der Waals surface area contributed by atoms with E-state index in [2.05, 4.69) is 20.6 Å². The highest BCUT2D eigenvalue weighted by atomic mass is 32.1. The van der Waals surface area contributed by atoms with E-state index in [1.807, 2.05) is 18.9 Å². The van der Waals surface area contributed by atoms with Crippen LogP contribution in [-0.2, 0) is 6.18 Å². The fraction of sp³-hybridized carbons (Fsp3) is 0.280. The average Bonchev–Trinajstić information content (AvgIpc) is 3.58. The molecule has 38 heavy (non-hydrogen) atoms. The fourth-order valence-corrected chi connectivity index (χ4v) is 4.77. The first-order valence-electron chi connectivity index (χ1n) is 11.7. The molecule has 1 amide bonds. The topological polar surface area (TPSA) is 79.2 Å². The molecule has 3 heterocycles. The Bertz CT molecular complexity index is 1460. The maximum Gasteiger partial charge on any atom is 0.419 e. The van der Waals surface area contributed by atoms with Gasteiger partial charge in [0.2, 0.25) is 0 Å². The molecule has 1 aliphatic rings. The number of hydrogen-bond donors (Lipinski definition) is 1. The van der Waals surface area contributed by atoms with Crippen molar-refractivity contribution in [3.8, 4) is 16.3 Å². The summed E-state index contributed by atoms with van der Waals surface area (Å²) >= 11 is 1.42. The minimum absolute atomic E-state index is 0.235. The fourth-order valence-electron chi connectivity index (χ4n) is 4.20. The molecule has 1 aliphatic heterocycles. The molecule has 1 saturated heterocycles. The van der Waals surface area contributed by atoms with E-state index in [1.165, 1.54) is 22.3 Å².